The van der Waals surface area contributed by atoms with Gasteiger partial charge in [0.15, 0.2) is 11.3 Å². The maximum absolute atomic E-state index is 11.8. The van der Waals surface area contributed by atoms with Crippen LogP contribution in [-0.4, -0.2) is 12.6 Å². The van der Waals surface area contributed by atoms with E-state index in [0.29, 0.717) is 29.3 Å². The third-order valence-electron chi connectivity index (χ3n) is 4.97. The minimum absolute atomic E-state index is 0.280. The van der Waals surface area contributed by atoms with E-state index in [9.17, 15) is 4.79 Å². The molecule has 3 aromatic carbocycles. The summed E-state index contributed by atoms with van der Waals surface area (Å²) in [4.78, 5) is 11.8. The van der Waals surface area contributed by atoms with Crippen molar-refractivity contribution in [2.24, 2.45) is 0 Å². The van der Waals surface area contributed by atoms with Crippen molar-refractivity contribution in [3.05, 3.63) is 108 Å². The van der Waals surface area contributed by atoms with E-state index in [-0.39, 0.29) is 12.1 Å². The van der Waals surface area contributed by atoms with Crippen LogP contribution in [0, 0.1) is 0 Å². The predicted octanol–water partition coefficient (Wildman–Crippen LogP) is 6.57. The Bertz CT molecular complexity index is 1150. The molecule has 1 heterocycles. The quantitative estimate of drug-likeness (QED) is 0.254. The fourth-order valence-electron chi connectivity index (χ4n) is 3.47. The van der Waals surface area contributed by atoms with E-state index < -0.39 is 0 Å². The van der Waals surface area contributed by atoms with Crippen LogP contribution in [-0.2, 0) is 9.53 Å². The molecule has 0 radical (unpaired) electrons. The third kappa shape index (κ3) is 4.69. The molecular weight excluding hydrogens is 388 g/mol. The molecule has 31 heavy (non-hydrogen) atoms. The summed E-state index contributed by atoms with van der Waals surface area (Å²) in [5, 5.41) is 0.906. The molecule has 0 bridgehead atoms. The summed E-state index contributed by atoms with van der Waals surface area (Å²) >= 11 is 0. The first-order chi connectivity index (χ1) is 15.2. The van der Waals surface area contributed by atoms with Crippen molar-refractivity contribution in [3.8, 4) is 5.75 Å². The molecule has 0 saturated heterocycles. The fraction of sp³-hybridized carbons (Fsp3) is 0.148. The molecule has 0 aliphatic rings. The summed E-state index contributed by atoms with van der Waals surface area (Å²) in [6.07, 6.45) is 1.16. The van der Waals surface area contributed by atoms with Crippen LogP contribution in [0.3, 0.4) is 0 Å². The molecule has 156 valence electrons. The standard InChI is InChI=1S/C27H24O4/c1-3-29-25(28)17-19(2)24-18-22-15-10-16-23(27(22)31-24)30-26(20-11-6-4-7-12-20)21-13-8-5-9-14-21/h4-18,26H,3H2,1-2H3/b19-17+. The highest BCUT2D eigenvalue weighted by Gasteiger charge is 2.19. The van der Waals surface area contributed by atoms with Gasteiger partial charge in [0.25, 0.3) is 0 Å². The summed E-state index contributed by atoms with van der Waals surface area (Å²) < 4.78 is 17.6. The first-order valence-corrected chi connectivity index (χ1v) is 10.3. The van der Waals surface area contributed by atoms with Gasteiger partial charge in [0.1, 0.15) is 11.9 Å². The zero-order chi connectivity index (χ0) is 21.6. The Hall–Kier alpha value is -3.79. The number of ether oxygens (including phenoxy) is 2. The molecule has 0 atom stereocenters. The highest BCUT2D eigenvalue weighted by atomic mass is 16.5. The Morgan fingerprint density at radius 1 is 0.935 bits per heavy atom. The highest BCUT2D eigenvalue weighted by Crippen LogP contribution is 2.36. The van der Waals surface area contributed by atoms with Crippen LogP contribution in [0.1, 0.15) is 36.8 Å². The van der Waals surface area contributed by atoms with Crippen LogP contribution >= 0.6 is 0 Å². The van der Waals surface area contributed by atoms with Gasteiger partial charge in [0.05, 0.1) is 6.61 Å². The summed E-state index contributed by atoms with van der Waals surface area (Å²) in [6, 6.07) is 27.9. The van der Waals surface area contributed by atoms with Crippen molar-refractivity contribution in [3.63, 3.8) is 0 Å². The van der Waals surface area contributed by atoms with Crippen molar-refractivity contribution in [1.29, 1.82) is 0 Å². The first-order valence-electron chi connectivity index (χ1n) is 10.3. The lowest BCUT2D eigenvalue weighted by Crippen LogP contribution is -2.09. The van der Waals surface area contributed by atoms with E-state index in [1.165, 1.54) is 6.08 Å². The monoisotopic (exact) mass is 412 g/mol. The highest BCUT2D eigenvalue weighted by molar-refractivity contribution is 5.92. The van der Waals surface area contributed by atoms with Gasteiger partial charge in [-0.05, 0) is 42.7 Å². The largest absolute Gasteiger partial charge is 0.477 e. The van der Waals surface area contributed by atoms with Crippen LogP contribution in [0.2, 0.25) is 0 Å². The zero-order valence-electron chi connectivity index (χ0n) is 17.6. The number of fused-ring (bicyclic) bond motifs is 1. The van der Waals surface area contributed by atoms with Gasteiger partial charge in [-0.2, -0.15) is 0 Å². The molecule has 0 unspecified atom stereocenters. The van der Waals surface area contributed by atoms with E-state index in [4.69, 9.17) is 13.9 Å². The van der Waals surface area contributed by atoms with Crippen molar-refractivity contribution in [2.45, 2.75) is 20.0 Å². The number of furan rings is 1. The smallest absolute Gasteiger partial charge is 0.331 e. The van der Waals surface area contributed by atoms with E-state index >= 15 is 0 Å². The summed E-state index contributed by atoms with van der Waals surface area (Å²) in [7, 11) is 0. The molecule has 0 N–H and O–H groups in total. The molecule has 0 amide bonds. The van der Waals surface area contributed by atoms with Crippen LogP contribution in [0.15, 0.2) is 95.4 Å². The van der Waals surface area contributed by atoms with Crippen molar-refractivity contribution >= 4 is 22.5 Å². The van der Waals surface area contributed by atoms with Crippen molar-refractivity contribution < 1.29 is 18.7 Å². The Morgan fingerprint density at radius 3 is 2.19 bits per heavy atom. The normalized spacial score (nSPS) is 11.6. The fourth-order valence-corrected chi connectivity index (χ4v) is 3.47. The van der Waals surface area contributed by atoms with Gasteiger partial charge in [0, 0.05) is 11.5 Å². The van der Waals surface area contributed by atoms with E-state index in [1.54, 1.807) is 6.92 Å². The van der Waals surface area contributed by atoms with Gasteiger partial charge >= 0.3 is 5.97 Å². The summed E-state index contributed by atoms with van der Waals surface area (Å²) in [6.45, 7) is 3.94. The predicted molar refractivity (Wildman–Crippen MR) is 122 cm³/mol. The van der Waals surface area contributed by atoms with Gasteiger partial charge in [-0.3, -0.25) is 0 Å². The van der Waals surface area contributed by atoms with Crippen LogP contribution in [0.25, 0.3) is 16.5 Å². The lowest BCUT2D eigenvalue weighted by Gasteiger charge is -2.20. The Labute approximate surface area is 181 Å². The van der Waals surface area contributed by atoms with Gasteiger partial charge in [-0.15, -0.1) is 0 Å². The number of esters is 1. The minimum atomic E-state index is -0.384. The first kappa shape index (κ1) is 20.5. The molecular formula is C27H24O4. The average Bonchev–Trinajstić information content (AvgIpc) is 3.24. The average molecular weight is 412 g/mol. The lowest BCUT2D eigenvalue weighted by molar-refractivity contribution is -0.137. The van der Waals surface area contributed by atoms with Gasteiger partial charge in [-0.25, -0.2) is 4.79 Å². The zero-order valence-corrected chi connectivity index (χ0v) is 17.6. The third-order valence-corrected chi connectivity index (χ3v) is 4.97. The molecule has 4 nitrogen and oxygen atoms in total. The molecule has 4 heteroatoms. The maximum atomic E-state index is 11.8. The van der Waals surface area contributed by atoms with Crippen LogP contribution < -0.4 is 4.74 Å². The second-order valence-corrected chi connectivity index (χ2v) is 7.18. The molecule has 0 aliphatic carbocycles. The summed E-state index contributed by atoms with van der Waals surface area (Å²) in [5.41, 5.74) is 3.45. The molecule has 0 spiro atoms. The number of carbonyl (C=O) groups is 1. The van der Waals surface area contributed by atoms with E-state index in [2.05, 4.69) is 24.3 Å². The van der Waals surface area contributed by atoms with Crippen LogP contribution in [0.4, 0.5) is 0 Å². The second-order valence-electron chi connectivity index (χ2n) is 7.18. The van der Waals surface area contributed by atoms with Crippen LogP contribution in [0.5, 0.6) is 5.75 Å². The van der Waals surface area contributed by atoms with Gasteiger partial charge in [-0.1, -0.05) is 72.8 Å². The Balaban J connectivity index is 1.71. The Kier molecular flexibility index (Phi) is 6.18. The van der Waals surface area contributed by atoms with Crippen molar-refractivity contribution in [1.82, 2.24) is 0 Å². The molecule has 4 rings (SSSR count). The van der Waals surface area contributed by atoms with E-state index in [0.717, 1.165) is 16.5 Å². The molecule has 0 aliphatic heterocycles. The number of allylic oxidation sites excluding steroid dienone is 1. The number of rotatable bonds is 7. The second kappa shape index (κ2) is 9.35. The molecule has 4 aromatic rings. The van der Waals surface area contributed by atoms with Gasteiger partial charge < -0.3 is 13.9 Å². The Morgan fingerprint density at radius 2 is 1.58 bits per heavy atom. The minimum Gasteiger partial charge on any atom is -0.477 e. The SMILES string of the molecule is CCOC(=O)/C=C(\C)c1cc2cccc(OC(c3ccccc3)c3ccccc3)c2o1. The number of hydrogen-bond acceptors (Lipinski definition) is 4. The number of benzene rings is 3. The number of carbonyl (C=O) groups excluding carboxylic acids is 1. The maximum Gasteiger partial charge on any atom is 0.331 e. The van der Waals surface area contributed by atoms with Crippen molar-refractivity contribution in [2.75, 3.05) is 6.61 Å². The lowest BCUT2D eigenvalue weighted by atomic mass is 10.0. The molecule has 1 aromatic heterocycles. The molecule has 0 fully saturated rings. The number of para-hydroxylation sites is 1. The van der Waals surface area contributed by atoms with E-state index in [1.807, 2.05) is 67.6 Å². The van der Waals surface area contributed by atoms with Gasteiger partial charge in [0.2, 0.25) is 0 Å². The topological polar surface area (TPSA) is 48.7 Å². The summed E-state index contributed by atoms with van der Waals surface area (Å²) in [5.74, 6) is 0.866. The number of hydrogen-bond donors (Lipinski definition) is 0. The molecule has 0 saturated carbocycles.